The lowest BCUT2D eigenvalue weighted by Crippen LogP contribution is -2.10. The molecule has 0 saturated heterocycles. The van der Waals surface area contributed by atoms with Crippen LogP contribution in [-0.4, -0.2) is 24.5 Å². The largest absolute Gasteiger partial charge is 0.368 e. The third-order valence-electron chi connectivity index (χ3n) is 3.74. The summed E-state index contributed by atoms with van der Waals surface area (Å²) >= 11 is 5.89. The number of aromatic nitrogens is 5. The molecule has 7 nitrogen and oxygen atoms in total. The van der Waals surface area contributed by atoms with E-state index >= 15 is 0 Å². The summed E-state index contributed by atoms with van der Waals surface area (Å²) in [4.78, 5) is 16.9. The van der Waals surface area contributed by atoms with Crippen LogP contribution in [0.1, 0.15) is 5.82 Å². The van der Waals surface area contributed by atoms with Gasteiger partial charge in [0.1, 0.15) is 11.3 Å². The van der Waals surface area contributed by atoms with Gasteiger partial charge in [-0.15, -0.1) is 0 Å². The van der Waals surface area contributed by atoms with Crippen molar-refractivity contribution in [2.24, 2.45) is 0 Å². The van der Waals surface area contributed by atoms with Crippen LogP contribution in [0.4, 0.5) is 22.0 Å². The van der Waals surface area contributed by atoms with Crippen LogP contribution in [0.5, 0.6) is 0 Å². The van der Waals surface area contributed by atoms with Gasteiger partial charge in [0.15, 0.2) is 5.82 Å². The summed E-state index contributed by atoms with van der Waals surface area (Å²) in [6, 6.07) is 11.8. The average molecular weight is 370 g/mol. The Labute approximate surface area is 152 Å². The van der Waals surface area contributed by atoms with Crippen molar-refractivity contribution < 1.29 is 4.39 Å². The van der Waals surface area contributed by atoms with E-state index in [1.54, 1.807) is 47.9 Å². The number of rotatable bonds is 3. The lowest BCUT2D eigenvalue weighted by atomic mass is 10.3. The van der Waals surface area contributed by atoms with Crippen LogP contribution in [0.15, 0.2) is 42.5 Å². The molecule has 0 spiro atoms. The van der Waals surface area contributed by atoms with Gasteiger partial charge in [0.2, 0.25) is 17.8 Å². The van der Waals surface area contributed by atoms with Crippen molar-refractivity contribution >= 4 is 40.2 Å². The number of nitrogens with zero attached hydrogens (tertiary/aromatic N) is 5. The van der Waals surface area contributed by atoms with Gasteiger partial charge in [-0.3, -0.25) is 4.57 Å². The normalized spacial score (nSPS) is 11.0. The van der Waals surface area contributed by atoms with E-state index in [1.807, 2.05) is 0 Å². The Morgan fingerprint density at radius 3 is 2.58 bits per heavy atom. The average Bonchev–Trinajstić information content (AvgIpc) is 2.94. The minimum absolute atomic E-state index is 0.0316. The number of imidazole rings is 1. The standard InChI is InChI=1S/C17H13ClFN7/c1-9-21-14-12(19)3-2-4-13(14)26(9)17-24-15(20)23-16(25-17)22-11-7-5-10(18)6-8-11/h2-8H,1H3,(H3,20,22,23,24,25). The highest BCUT2D eigenvalue weighted by Crippen LogP contribution is 2.23. The third kappa shape index (κ3) is 2.91. The maximum atomic E-state index is 14.0. The predicted octanol–water partition coefficient (Wildman–Crippen LogP) is 3.64. The number of benzene rings is 2. The monoisotopic (exact) mass is 369 g/mol. The Kier molecular flexibility index (Phi) is 3.89. The molecule has 0 bridgehead atoms. The lowest BCUT2D eigenvalue weighted by molar-refractivity contribution is 0.637. The minimum Gasteiger partial charge on any atom is -0.368 e. The fourth-order valence-corrected chi connectivity index (χ4v) is 2.76. The second-order valence-electron chi connectivity index (χ2n) is 5.55. The van der Waals surface area contributed by atoms with E-state index in [4.69, 9.17) is 17.3 Å². The van der Waals surface area contributed by atoms with E-state index in [0.29, 0.717) is 16.4 Å². The van der Waals surface area contributed by atoms with E-state index in [0.717, 1.165) is 5.69 Å². The maximum absolute atomic E-state index is 14.0. The highest BCUT2D eigenvalue weighted by molar-refractivity contribution is 6.30. The van der Waals surface area contributed by atoms with E-state index in [2.05, 4.69) is 25.3 Å². The minimum atomic E-state index is -0.411. The van der Waals surface area contributed by atoms with Crippen LogP contribution in [0, 0.1) is 12.7 Å². The van der Waals surface area contributed by atoms with Gasteiger partial charge in [0.25, 0.3) is 0 Å². The molecule has 2 heterocycles. The van der Waals surface area contributed by atoms with Crippen LogP contribution in [0.2, 0.25) is 5.02 Å². The number of aryl methyl sites for hydroxylation is 1. The summed E-state index contributed by atoms with van der Waals surface area (Å²) in [5.74, 6) is 0.662. The Morgan fingerprint density at radius 2 is 1.81 bits per heavy atom. The highest BCUT2D eigenvalue weighted by Gasteiger charge is 2.16. The van der Waals surface area contributed by atoms with Gasteiger partial charge in [0.05, 0.1) is 5.52 Å². The molecule has 9 heteroatoms. The van der Waals surface area contributed by atoms with Gasteiger partial charge in [-0.05, 0) is 43.3 Å². The van der Waals surface area contributed by atoms with Crippen molar-refractivity contribution in [2.75, 3.05) is 11.1 Å². The molecule has 0 saturated carbocycles. The number of hydrogen-bond acceptors (Lipinski definition) is 6. The number of nitrogen functional groups attached to an aromatic ring is 1. The molecule has 4 aromatic rings. The molecule has 0 atom stereocenters. The number of fused-ring (bicyclic) bond motifs is 1. The SMILES string of the molecule is Cc1nc2c(F)cccc2n1-c1nc(N)nc(Nc2ccc(Cl)cc2)n1. The number of para-hydroxylation sites is 1. The first-order chi connectivity index (χ1) is 12.5. The molecule has 2 aromatic carbocycles. The van der Waals surface area contributed by atoms with Crippen LogP contribution >= 0.6 is 11.6 Å². The molecule has 0 fully saturated rings. The quantitative estimate of drug-likeness (QED) is 0.572. The molecular weight excluding hydrogens is 357 g/mol. The van der Waals surface area contributed by atoms with Crippen molar-refractivity contribution in [2.45, 2.75) is 6.92 Å². The molecule has 0 radical (unpaired) electrons. The van der Waals surface area contributed by atoms with Crippen molar-refractivity contribution in [1.82, 2.24) is 24.5 Å². The molecule has 3 N–H and O–H groups in total. The summed E-state index contributed by atoms with van der Waals surface area (Å²) in [6.45, 7) is 1.74. The zero-order valence-corrected chi connectivity index (χ0v) is 14.4. The Hall–Kier alpha value is -3.26. The van der Waals surface area contributed by atoms with Crippen LogP contribution in [-0.2, 0) is 0 Å². The first kappa shape index (κ1) is 16.2. The van der Waals surface area contributed by atoms with Gasteiger partial charge in [0, 0.05) is 10.7 Å². The number of anilines is 3. The maximum Gasteiger partial charge on any atom is 0.242 e. The molecule has 0 unspecified atom stereocenters. The van der Waals surface area contributed by atoms with Gasteiger partial charge in [-0.2, -0.15) is 15.0 Å². The van der Waals surface area contributed by atoms with E-state index in [9.17, 15) is 4.39 Å². The predicted molar refractivity (Wildman–Crippen MR) is 98.3 cm³/mol. The number of nitrogens with one attached hydrogen (secondary N) is 1. The molecule has 0 aliphatic heterocycles. The number of halogens is 2. The highest BCUT2D eigenvalue weighted by atomic mass is 35.5. The molecule has 4 rings (SSSR count). The summed E-state index contributed by atoms with van der Waals surface area (Å²) in [7, 11) is 0. The Morgan fingerprint density at radius 1 is 1.04 bits per heavy atom. The first-order valence-corrected chi connectivity index (χ1v) is 8.07. The molecule has 130 valence electrons. The van der Waals surface area contributed by atoms with Crippen molar-refractivity contribution in [3.8, 4) is 5.95 Å². The van der Waals surface area contributed by atoms with Crippen LogP contribution in [0.25, 0.3) is 17.0 Å². The zero-order chi connectivity index (χ0) is 18.3. The number of hydrogen-bond donors (Lipinski definition) is 2. The molecule has 2 aromatic heterocycles. The van der Waals surface area contributed by atoms with Crippen molar-refractivity contribution in [1.29, 1.82) is 0 Å². The fourth-order valence-electron chi connectivity index (χ4n) is 2.63. The van der Waals surface area contributed by atoms with Gasteiger partial charge in [-0.25, -0.2) is 9.37 Å². The van der Waals surface area contributed by atoms with Crippen molar-refractivity contribution in [3.05, 3.63) is 59.1 Å². The first-order valence-electron chi connectivity index (χ1n) is 7.69. The van der Waals surface area contributed by atoms with Crippen molar-refractivity contribution in [3.63, 3.8) is 0 Å². The summed E-state index contributed by atoms with van der Waals surface area (Å²) in [5.41, 5.74) is 7.37. The topological polar surface area (TPSA) is 94.5 Å². The molecule has 26 heavy (non-hydrogen) atoms. The van der Waals surface area contributed by atoms with E-state index in [1.165, 1.54) is 6.07 Å². The number of nitrogens with two attached hydrogens (primary N) is 1. The smallest absolute Gasteiger partial charge is 0.242 e. The second kappa shape index (κ2) is 6.23. The summed E-state index contributed by atoms with van der Waals surface area (Å²) in [6.07, 6.45) is 0. The molecule has 0 amide bonds. The third-order valence-corrected chi connectivity index (χ3v) is 4.00. The van der Waals surface area contributed by atoms with Crippen LogP contribution in [0.3, 0.4) is 0 Å². The fraction of sp³-hybridized carbons (Fsp3) is 0.0588. The molecular formula is C17H13ClFN7. The zero-order valence-electron chi connectivity index (χ0n) is 13.6. The van der Waals surface area contributed by atoms with E-state index < -0.39 is 5.82 Å². The summed E-state index contributed by atoms with van der Waals surface area (Å²) in [5, 5.41) is 3.66. The van der Waals surface area contributed by atoms with Gasteiger partial charge < -0.3 is 11.1 Å². The van der Waals surface area contributed by atoms with Gasteiger partial charge >= 0.3 is 0 Å². The van der Waals surface area contributed by atoms with Gasteiger partial charge in [-0.1, -0.05) is 17.7 Å². The Bertz CT molecular complexity index is 1110. The van der Waals surface area contributed by atoms with Crippen LogP contribution < -0.4 is 11.1 Å². The Balaban J connectivity index is 1.81. The molecule has 0 aliphatic rings. The lowest BCUT2D eigenvalue weighted by Gasteiger charge is -2.09. The van der Waals surface area contributed by atoms with E-state index in [-0.39, 0.29) is 23.4 Å². The second-order valence-corrected chi connectivity index (χ2v) is 5.99. The summed E-state index contributed by atoms with van der Waals surface area (Å²) < 4.78 is 15.6. The molecule has 0 aliphatic carbocycles.